The minimum atomic E-state index is -1.000. The van der Waals surface area contributed by atoms with Crippen molar-refractivity contribution in [1.82, 2.24) is 10.2 Å². The molecule has 106 valence electrons. The van der Waals surface area contributed by atoms with Gasteiger partial charge in [-0.2, -0.15) is 0 Å². The van der Waals surface area contributed by atoms with Gasteiger partial charge in [-0.25, -0.2) is 4.79 Å². The molecule has 0 radical (unpaired) electrons. The average molecular weight is 270 g/mol. The smallest absolute Gasteiger partial charge is 0.330 e. The van der Waals surface area contributed by atoms with E-state index in [1.54, 1.807) is 7.11 Å². The maximum Gasteiger partial charge on any atom is 0.330 e. The Kier molecular flexibility index (Phi) is 4.16. The number of methoxy groups -OCH3 is 1. The minimum absolute atomic E-state index is 0.156. The van der Waals surface area contributed by atoms with Crippen LogP contribution in [0.25, 0.3) is 0 Å². The lowest BCUT2D eigenvalue weighted by molar-refractivity contribution is -0.158. The van der Waals surface area contributed by atoms with Crippen LogP contribution in [0, 0.1) is 5.41 Å². The molecule has 1 saturated carbocycles. The number of carbonyl (C=O) groups excluding carboxylic acids is 3. The van der Waals surface area contributed by atoms with E-state index in [9.17, 15) is 14.4 Å². The van der Waals surface area contributed by atoms with E-state index in [0.29, 0.717) is 26.1 Å². The van der Waals surface area contributed by atoms with Crippen molar-refractivity contribution in [3.05, 3.63) is 0 Å². The minimum Gasteiger partial charge on any atom is -0.382 e. The number of imide groups is 2. The van der Waals surface area contributed by atoms with Crippen molar-refractivity contribution in [3.63, 3.8) is 0 Å². The normalized spacial score (nSPS) is 21.5. The van der Waals surface area contributed by atoms with Gasteiger partial charge in [0.2, 0.25) is 11.8 Å². The number of hydrogen-bond donors (Lipinski definition) is 1. The number of nitrogens with zero attached hydrogens (tertiary/aromatic N) is 1. The zero-order valence-corrected chi connectivity index (χ0v) is 10.9. The second-order valence-electron chi connectivity index (χ2n) is 4.76. The Bertz CT molecular complexity index is 392. The lowest BCUT2D eigenvalue weighted by Gasteiger charge is -2.44. The van der Waals surface area contributed by atoms with Gasteiger partial charge in [0, 0.05) is 7.11 Å². The van der Waals surface area contributed by atoms with Crippen molar-refractivity contribution < 1.29 is 23.9 Å². The maximum atomic E-state index is 12.2. The fourth-order valence-electron chi connectivity index (χ4n) is 2.31. The van der Waals surface area contributed by atoms with E-state index >= 15 is 0 Å². The molecule has 1 aliphatic carbocycles. The molecule has 0 unspecified atom stereocenters. The largest absolute Gasteiger partial charge is 0.382 e. The summed E-state index contributed by atoms with van der Waals surface area (Å²) < 4.78 is 10.1. The summed E-state index contributed by atoms with van der Waals surface area (Å²) in [6, 6.07) is -0.650. The number of amides is 4. The van der Waals surface area contributed by atoms with Crippen LogP contribution in [0.4, 0.5) is 4.79 Å². The highest BCUT2D eigenvalue weighted by atomic mass is 16.5. The molecule has 1 spiro atoms. The number of hydrogen-bond acceptors (Lipinski definition) is 5. The summed E-state index contributed by atoms with van der Waals surface area (Å²) in [5.74, 6) is -0.840. The Morgan fingerprint density at radius 3 is 2.53 bits per heavy atom. The predicted molar refractivity (Wildman–Crippen MR) is 64.2 cm³/mol. The van der Waals surface area contributed by atoms with Crippen molar-refractivity contribution in [2.45, 2.75) is 19.3 Å². The van der Waals surface area contributed by atoms with Crippen LogP contribution >= 0.6 is 0 Å². The Morgan fingerprint density at radius 2 is 1.95 bits per heavy atom. The Balaban J connectivity index is 1.90. The van der Waals surface area contributed by atoms with Gasteiger partial charge in [0.1, 0.15) is 5.41 Å². The summed E-state index contributed by atoms with van der Waals surface area (Å²) in [6.07, 6.45) is 1.88. The Labute approximate surface area is 111 Å². The van der Waals surface area contributed by atoms with Gasteiger partial charge in [-0.3, -0.25) is 19.8 Å². The van der Waals surface area contributed by atoms with Crippen molar-refractivity contribution in [2.75, 3.05) is 33.5 Å². The van der Waals surface area contributed by atoms with E-state index in [1.807, 2.05) is 0 Å². The van der Waals surface area contributed by atoms with Crippen molar-refractivity contribution >= 4 is 17.8 Å². The van der Waals surface area contributed by atoms with Gasteiger partial charge in [-0.15, -0.1) is 0 Å². The molecule has 7 nitrogen and oxygen atoms in total. The van der Waals surface area contributed by atoms with Gasteiger partial charge in [-0.1, -0.05) is 6.42 Å². The van der Waals surface area contributed by atoms with Gasteiger partial charge in [-0.05, 0) is 12.8 Å². The second-order valence-corrected chi connectivity index (χ2v) is 4.76. The first-order chi connectivity index (χ1) is 9.12. The highest BCUT2D eigenvalue weighted by molar-refractivity contribution is 6.19. The molecule has 0 atom stereocenters. The lowest BCUT2D eigenvalue weighted by atomic mass is 9.66. The van der Waals surface area contributed by atoms with Crippen molar-refractivity contribution in [2.24, 2.45) is 5.41 Å². The van der Waals surface area contributed by atoms with Gasteiger partial charge >= 0.3 is 6.03 Å². The number of nitrogens with one attached hydrogen (secondary N) is 1. The van der Waals surface area contributed by atoms with Gasteiger partial charge in [0.05, 0.1) is 26.4 Å². The van der Waals surface area contributed by atoms with E-state index in [2.05, 4.69) is 5.32 Å². The second kappa shape index (κ2) is 5.66. The molecule has 0 aromatic carbocycles. The first-order valence-electron chi connectivity index (χ1n) is 6.36. The van der Waals surface area contributed by atoms with Gasteiger partial charge in [0.25, 0.3) is 0 Å². The van der Waals surface area contributed by atoms with E-state index in [4.69, 9.17) is 9.47 Å². The molecule has 19 heavy (non-hydrogen) atoms. The number of rotatable bonds is 6. The molecule has 7 heteroatoms. The van der Waals surface area contributed by atoms with Gasteiger partial charge < -0.3 is 9.47 Å². The fraction of sp³-hybridized carbons (Fsp3) is 0.750. The van der Waals surface area contributed by atoms with Crippen LogP contribution in [-0.4, -0.2) is 56.2 Å². The molecule has 1 heterocycles. The predicted octanol–water partition coefficient (Wildman–Crippen LogP) is -0.102. The standard InChI is InChI=1S/C12H18N2O5/c1-18-7-8-19-6-5-14-10(16)12(3-2-4-12)9(15)13-11(14)17/h2-8H2,1H3,(H,13,15,17). The Hall–Kier alpha value is -1.47. The summed E-state index contributed by atoms with van der Waals surface area (Å²) in [4.78, 5) is 36.7. The van der Waals surface area contributed by atoms with E-state index < -0.39 is 17.4 Å². The quantitative estimate of drug-likeness (QED) is 0.538. The molecule has 1 aliphatic heterocycles. The first kappa shape index (κ1) is 14.0. The average Bonchev–Trinajstić information content (AvgIpc) is 2.30. The first-order valence-corrected chi connectivity index (χ1v) is 6.36. The molecule has 0 aromatic heterocycles. The number of urea groups is 1. The van der Waals surface area contributed by atoms with Crippen LogP contribution in [0.3, 0.4) is 0 Å². The van der Waals surface area contributed by atoms with Crippen LogP contribution in [0.1, 0.15) is 19.3 Å². The molecule has 2 fully saturated rings. The number of barbiturate groups is 1. The number of ether oxygens (including phenoxy) is 2. The van der Waals surface area contributed by atoms with Crippen LogP contribution in [0.2, 0.25) is 0 Å². The molecule has 4 amide bonds. The SMILES string of the molecule is COCCOCCN1C(=O)NC(=O)C2(CCC2)C1=O. The molecule has 2 aliphatic rings. The summed E-state index contributed by atoms with van der Waals surface area (Å²) >= 11 is 0. The fourth-order valence-corrected chi connectivity index (χ4v) is 2.31. The highest BCUT2D eigenvalue weighted by Crippen LogP contribution is 2.44. The molecule has 0 aromatic rings. The molecule has 1 N–H and O–H groups in total. The topological polar surface area (TPSA) is 84.9 Å². The lowest BCUT2D eigenvalue weighted by Crippen LogP contribution is -2.66. The van der Waals surface area contributed by atoms with Crippen LogP contribution < -0.4 is 5.32 Å². The Morgan fingerprint density at radius 1 is 1.21 bits per heavy atom. The van der Waals surface area contributed by atoms with Gasteiger partial charge in [0.15, 0.2) is 0 Å². The van der Waals surface area contributed by atoms with Crippen molar-refractivity contribution in [1.29, 1.82) is 0 Å². The molecular weight excluding hydrogens is 252 g/mol. The summed E-state index contributed by atoms with van der Waals surface area (Å²) in [7, 11) is 1.57. The zero-order valence-electron chi connectivity index (χ0n) is 10.9. The third kappa shape index (κ3) is 2.48. The molecular formula is C12H18N2O5. The third-order valence-corrected chi connectivity index (χ3v) is 3.65. The monoisotopic (exact) mass is 270 g/mol. The number of carbonyl (C=O) groups is 3. The third-order valence-electron chi connectivity index (χ3n) is 3.65. The van der Waals surface area contributed by atoms with Crippen LogP contribution in [0.5, 0.6) is 0 Å². The molecule has 1 saturated heterocycles. The summed E-state index contributed by atoms with van der Waals surface area (Å²) in [6.45, 7) is 1.27. The zero-order chi connectivity index (χ0) is 13.9. The summed E-state index contributed by atoms with van der Waals surface area (Å²) in [5.41, 5.74) is -1.000. The van der Waals surface area contributed by atoms with E-state index in [1.165, 1.54) is 0 Å². The van der Waals surface area contributed by atoms with Crippen LogP contribution in [-0.2, 0) is 19.1 Å². The van der Waals surface area contributed by atoms with E-state index in [-0.39, 0.29) is 19.1 Å². The highest BCUT2D eigenvalue weighted by Gasteiger charge is 2.57. The van der Waals surface area contributed by atoms with Crippen molar-refractivity contribution in [3.8, 4) is 0 Å². The molecule has 2 rings (SSSR count). The maximum absolute atomic E-state index is 12.2. The van der Waals surface area contributed by atoms with E-state index in [0.717, 1.165) is 11.3 Å². The summed E-state index contributed by atoms with van der Waals surface area (Å²) in [5, 5.41) is 2.25. The van der Waals surface area contributed by atoms with Crippen LogP contribution in [0.15, 0.2) is 0 Å². The molecule has 0 bridgehead atoms.